The van der Waals surface area contributed by atoms with Gasteiger partial charge in [0, 0.05) is 5.41 Å². The summed E-state index contributed by atoms with van der Waals surface area (Å²) >= 11 is 0. The van der Waals surface area contributed by atoms with Crippen molar-refractivity contribution in [3.8, 4) is 5.75 Å². The zero-order valence-electron chi connectivity index (χ0n) is 17.5. The molecular weight excluding hydrogens is 441 g/mol. The number of hydrogen-bond acceptors (Lipinski definition) is 4. The fourth-order valence-corrected chi connectivity index (χ4v) is 6.27. The number of benzene rings is 2. The topological polar surface area (TPSA) is 55.9 Å². The fraction of sp³-hybridized carbons (Fsp3) is 0.500. The molecule has 1 saturated heterocycles. The molecule has 0 unspecified atom stereocenters. The molecule has 1 heterocycles. The lowest BCUT2D eigenvalue weighted by Crippen LogP contribution is -2.45. The van der Waals surface area contributed by atoms with Crippen LogP contribution in [0.25, 0.3) is 0 Å². The van der Waals surface area contributed by atoms with Crippen molar-refractivity contribution in [3.63, 3.8) is 0 Å². The Morgan fingerprint density at radius 1 is 1.09 bits per heavy atom. The normalized spacial score (nSPS) is 29.7. The van der Waals surface area contributed by atoms with E-state index in [1.807, 2.05) is 18.2 Å². The van der Waals surface area contributed by atoms with E-state index in [1.165, 1.54) is 17.7 Å². The predicted octanol–water partition coefficient (Wildman–Crippen LogP) is 5.30. The molecule has 8 heteroatoms. The van der Waals surface area contributed by atoms with Crippen molar-refractivity contribution in [2.24, 2.45) is 5.92 Å². The van der Waals surface area contributed by atoms with Crippen molar-refractivity contribution in [1.29, 1.82) is 0 Å². The van der Waals surface area contributed by atoms with Crippen LogP contribution >= 0.6 is 0 Å². The van der Waals surface area contributed by atoms with Gasteiger partial charge in [-0.3, -0.25) is 0 Å². The van der Waals surface area contributed by atoms with Gasteiger partial charge in [-0.2, -0.15) is 21.6 Å². The highest BCUT2D eigenvalue weighted by Gasteiger charge is 2.57. The Morgan fingerprint density at radius 3 is 2.53 bits per heavy atom. The highest BCUT2D eigenvalue weighted by molar-refractivity contribution is 7.88. The molecule has 2 aromatic carbocycles. The highest BCUT2D eigenvalue weighted by Crippen LogP contribution is 2.57. The van der Waals surface area contributed by atoms with E-state index in [1.54, 1.807) is 6.07 Å². The Hall–Kier alpha value is -2.06. The average molecular weight is 467 g/mol. The van der Waals surface area contributed by atoms with Crippen LogP contribution in [0.5, 0.6) is 5.75 Å². The third-order valence-corrected chi connectivity index (χ3v) is 8.42. The Balaban J connectivity index is 1.55. The lowest BCUT2D eigenvalue weighted by Gasteiger charge is -2.47. The maximum absolute atomic E-state index is 12.8. The zero-order valence-corrected chi connectivity index (χ0v) is 18.3. The van der Waals surface area contributed by atoms with Gasteiger partial charge < -0.3 is 8.92 Å². The second-order valence-corrected chi connectivity index (χ2v) is 10.9. The molecule has 5 rings (SSSR count). The Labute approximate surface area is 185 Å². The Bertz CT molecular complexity index is 1110. The van der Waals surface area contributed by atoms with Gasteiger partial charge in [-0.05, 0) is 79.7 Å². The third kappa shape index (κ3) is 3.81. The lowest BCUT2D eigenvalue weighted by atomic mass is 9.57. The van der Waals surface area contributed by atoms with Crippen LogP contribution in [0.3, 0.4) is 0 Å². The van der Waals surface area contributed by atoms with Crippen molar-refractivity contribution >= 4 is 10.1 Å². The minimum absolute atomic E-state index is 0.000797. The van der Waals surface area contributed by atoms with Crippen LogP contribution in [-0.4, -0.2) is 26.1 Å². The molecule has 0 radical (unpaired) electrons. The maximum Gasteiger partial charge on any atom is 0.534 e. The van der Waals surface area contributed by atoms with Crippen molar-refractivity contribution < 1.29 is 30.5 Å². The molecule has 172 valence electrons. The zero-order chi connectivity index (χ0) is 22.6. The first kappa shape index (κ1) is 21.8. The van der Waals surface area contributed by atoms with Gasteiger partial charge in [0.15, 0.2) is 0 Å². The molecule has 0 bridgehead atoms. The second kappa shape index (κ2) is 7.48. The smallest absolute Gasteiger partial charge is 0.376 e. The number of aryl methyl sites for hydroxylation is 1. The molecule has 2 aliphatic carbocycles. The molecule has 0 aromatic heterocycles. The minimum Gasteiger partial charge on any atom is -0.376 e. The van der Waals surface area contributed by atoms with E-state index in [-0.39, 0.29) is 16.8 Å². The van der Waals surface area contributed by atoms with Crippen molar-refractivity contribution in [2.75, 3.05) is 6.61 Å². The lowest BCUT2D eigenvalue weighted by molar-refractivity contribution is -0.0500. The molecule has 2 aromatic rings. The summed E-state index contributed by atoms with van der Waals surface area (Å²) in [6.45, 7) is 0.805. The molecule has 0 amide bonds. The summed E-state index contributed by atoms with van der Waals surface area (Å²) in [5.74, 6) is 0.109. The molecule has 1 aliphatic heterocycles. The number of ether oxygens (including phenoxy) is 1. The molecule has 3 aliphatic rings. The van der Waals surface area contributed by atoms with Gasteiger partial charge in [-0.25, -0.2) is 0 Å². The predicted molar refractivity (Wildman–Crippen MR) is 113 cm³/mol. The van der Waals surface area contributed by atoms with Crippen LogP contribution in [0.4, 0.5) is 13.2 Å². The number of alkyl halides is 3. The molecule has 0 N–H and O–H groups in total. The molecule has 1 spiro atoms. The van der Waals surface area contributed by atoms with Crippen LogP contribution in [-0.2, 0) is 33.1 Å². The SMILES string of the molecule is O=S(=O)(Oc1ccc2c(c1)CCC[C@H]1C[C@]3(CC[C@@]21Cc1ccccc1)CO3)C(F)(F)F. The largest absolute Gasteiger partial charge is 0.534 e. The highest BCUT2D eigenvalue weighted by atomic mass is 32.2. The van der Waals surface area contributed by atoms with E-state index in [0.717, 1.165) is 56.3 Å². The Kier molecular flexibility index (Phi) is 5.09. The average Bonchev–Trinajstić information content (AvgIpc) is 3.51. The summed E-state index contributed by atoms with van der Waals surface area (Å²) in [5.41, 5.74) is -2.41. The maximum atomic E-state index is 12.8. The van der Waals surface area contributed by atoms with Gasteiger partial charge in [-0.1, -0.05) is 36.4 Å². The van der Waals surface area contributed by atoms with Crippen LogP contribution in [0.2, 0.25) is 0 Å². The van der Waals surface area contributed by atoms with E-state index in [9.17, 15) is 21.6 Å². The van der Waals surface area contributed by atoms with Gasteiger partial charge in [-0.15, -0.1) is 0 Å². The van der Waals surface area contributed by atoms with Crippen LogP contribution in [0.15, 0.2) is 48.5 Å². The van der Waals surface area contributed by atoms with E-state index in [0.29, 0.717) is 12.3 Å². The second-order valence-electron chi connectivity index (χ2n) is 9.39. The first-order chi connectivity index (χ1) is 15.1. The Morgan fingerprint density at radius 2 is 1.84 bits per heavy atom. The van der Waals surface area contributed by atoms with Crippen molar-refractivity contribution in [2.45, 2.75) is 61.5 Å². The van der Waals surface area contributed by atoms with Gasteiger partial charge in [0.2, 0.25) is 0 Å². The molecule has 32 heavy (non-hydrogen) atoms. The van der Waals surface area contributed by atoms with E-state index in [2.05, 4.69) is 16.3 Å². The van der Waals surface area contributed by atoms with Crippen molar-refractivity contribution in [3.05, 3.63) is 65.2 Å². The fourth-order valence-electron chi connectivity index (χ4n) is 5.81. The van der Waals surface area contributed by atoms with Gasteiger partial charge in [0.1, 0.15) is 5.75 Å². The number of epoxide rings is 1. The molecule has 4 nitrogen and oxygen atoms in total. The third-order valence-electron chi connectivity index (χ3n) is 7.44. The summed E-state index contributed by atoms with van der Waals surface area (Å²) in [7, 11) is -5.70. The molecule has 2 fully saturated rings. The van der Waals surface area contributed by atoms with Gasteiger partial charge in [0.05, 0.1) is 12.2 Å². The quantitative estimate of drug-likeness (QED) is 0.349. The summed E-state index contributed by atoms with van der Waals surface area (Å²) in [4.78, 5) is 0. The first-order valence-electron chi connectivity index (χ1n) is 10.9. The van der Waals surface area contributed by atoms with E-state index < -0.39 is 15.6 Å². The summed E-state index contributed by atoms with van der Waals surface area (Å²) in [6.07, 6.45) is 6.28. The van der Waals surface area contributed by atoms with Crippen LogP contribution in [0, 0.1) is 5.92 Å². The minimum atomic E-state index is -5.70. The van der Waals surface area contributed by atoms with Gasteiger partial charge in [0.25, 0.3) is 0 Å². The summed E-state index contributed by atoms with van der Waals surface area (Å²) in [6, 6.07) is 14.9. The van der Waals surface area contributed by atoms with E-state index >= 15 is 0 Å². The summed E-state index contributed by atoms with van der Waals surface area (Å²) < 4.78 is 71.7. The van der Waals surface area contributed by atoms with Crippen LogP contribution < -0.4 is 4.18 Å². The molecular formula is C24H25F3O4S. The van der Waals surface area contributed by atoms with Gasteiger partial charge >= 0.3 is 15.6 Å². The first-order valence-corrected chi connectivity index (χ1v) is 12.4. The van der Waals surface area contributed by atoms with Crippen molar-refractivity contribution in [1.82, 2.24) is 0 Å². The standard InChI is InChI=1S/C24H25F3O4S/c25-24(26,27)32(28,29)31-20-9-10-21-18(13-20)7-4-8-19-15-22(16-30-22)11-12-23(19,21)14-17-5-2-1-3-6-17/h1-3,5-6,9-10,13,19H,4,7-8,11-12,14-16H2/t19-,22+,23-/m0/s1. The summed E-state index contributed by atoms with van der Waals surface area (Å²) in [5, 5.41) is 0. The number of hydrogen-bond donors (Lipinski definition) is 0. The number of rotatable bonds is 4. The monoisotopic (exact) mass is 466 g/mol. The number of halogens is 3. The van der Waals surface area contributed by atoms with Crippen LogP contribution in [0.1, 0.15) is 48.8 Å². The molecule has 3 atom stereocenters. The van der Waals surface area contributed by atoms with E-state index in [4.69, 9.17) is 4.74 Å². The number of fused-ring (bicyclic) bond motifs is 3. The molecule has 1 saturated carbocycles.